The molecule has 4 aromatic carbocycles. The zero-order chi connectivity index (χ0) is 61.1. The number of likely N-dealkylation sites (tertiary alicyclic amines) is 1. The molecule has 0 saturated carbocycles. The number of hydrogen-bond acceptors (Lipinski definition) is 12. The lowest BCUT2D eigenvalue weighted by atomic mass is 9.77. The molecule has 5 rings (SSSR count). The molecule has 0 aromatic heterocycles. The minimum absolute atomic E-state index is 0.0321. The second-order valence-corrected chi connectivity index (χ2v) is 23.9. The monoisotopic (exact) mass is 1160 g/mol. The van der Waals surface area contributed by atoms with Crippen LogP contribution in [0.5, 0.6) is 0 Å². The van der Waals surface area contributed by atoms with Crippen LogP contribution in [-0.2, 0) is 59.8 Å². The van der Waals surface area contributed by atoms with Gasteiger partial charge in [-0.05, 0) is 115 Å². The molecule has 448 valence electrons. The van der Waals surface area contributed by atoms with Gasteiger partial charge in [0.1, 0.15) is 59.0 Å². The number of hydrogen-bond donors (Lipinski definition) is 7. The van der Waals surface area contributed by atoms with Crippen molar-refractivity contribution in [2.24, 2.45) is 5.92 Å². The van der Waals surface area contributed by atoms with Crippen LogP contribution < -0.4 is 37.2 Å². The Bertz CT molecular complexity index is 2730. The molecule has 8 atom stereocenters. The molecule has 1 heterocycles. The molecule has 0 bridgehead atoms. The van der Waals surface area contributed by atoms with Crippen LogP contribution in [0.2, 0.25) is 0 Å². The minimum atomic E-state index is -1.66. The van der Waals surface area contributed by atoms with Crippen molar-refractivity contribution in [3.05, 3.63) is 144 Å². The predicted octanol–water partition coefficient (Wildman–Crippen LogP) is 6.22. The summed E-state index contributed by atoms with van der Waals surface area (Å²) < 4.78 is 11.1. The molecule has 0 radical (unpaired) electrons. The van der Waals surface area contributed by atoms with E-state index in [-0.39, 0.29) is 18.8 Å². The van der Waals surface area contributed by atoms with Crippen LogP contribution in [0.4, 0.5) is 4.79 Å². The number of nitrogens with one attached hydrogen (secondary N) is 7. The van der Waals surface area contributed by atoms with E-state index in [2.05, 4.69) is 37.2 Å². The second kappa shape index (κ2) is 30.5. The second-order valence-electron chi connectivity index (χ2n) is 22.9. The number of nitrogens with zero attached hydrogens (tertiary/aromatic N) is 1. The molecule has 83 heavy (non-hydrogen) atoms. The van der Waals surface area contributed by atoms with E-state index in [1.54, 1.807) is 71.9 Å². The predicted molar refractivity (Wildman–Crippen MR) is 319 cm³/mol. The number of thioether (sulfide) groups is 1. The van der Waals surface area contributed by atoms with Crippen molar-refractivity contribution >= 4 is 65.2 Å². The summed E-state index contributed by atoms with van der Waals surface area (Å²) in [4.78, 5) is 128. The Labute approximate surface area is 492 Å². The molecule has 1 saturated heterocycles. The molecule has 0 aliphatic carbocycles. The Morgan fingerprint density at radius 2 is 1.04 bits per heavy atom. The van der Waals surface area contributed by atoms with E-state index in [9.17, 15) is 43.2 Å². The molecule has 1 aliphatic rings. The third-order valence-electron chi connectivity index (χ3n) is 14.0. The van der Waals surface area contributed by atoms with Crippen LogP contribution in [0, 0.1) is 5.92 Å². The average Bonchev–Trinajstić information content (AvgIpc) is 3.88. The lowest BCUT2D eigenvalue weighted by Gasteiger charge is -2.37. The maximum atomic E-state index is 14.9. The van der Waals surface area contributed by atoms with Gasteiger partial charge in [-0.15, -0.1) is 0 Å². The maximum absolute atomic E-state index is 14.9. The average molecular weight is 1160 g/mol. The van der Waals surface area contributed by atoms with Gasteiger partial charge in [0.2, 0.25) is 41.4 Å². The van der Waals surface area contributed by atoms with Gasteiger partial charge in [0, 0.05) is 13.0 Å². The molecule has 7 N–H and O–H groups in total. The number of alkyl carbamates (subject to hydrolysis) is 1. The first kappa shape index (κ1) is 66.1. The summed E-state index contributed by atoms with van der Waals surface area (Å²) in [6.45, 7) is 17.1. The molecule has 4 aromatic rings. The van der Waals surface area contributed by atoms with Gasteiger partial charge in [-0.1, -0.05) is 142 Å². The van der Waals surface area contributed by atoms with Crippen LogP contribution in [0.3, 0.4) is 0 Å². The third-order valence-corrected chi connectivity index (χ3v) is 14.6. The number of ether oxygens (including phenoxy) is 2. The lowest BCUT2D eigenvalue weighted by Crippen LogP contribution is -2.60. The molecule has 0 unspecified atom stereocenters. The summed E-state index contributed by atoms with van der Waals surface area (Å²) in [6, 6.07) is 28.1. The van der Waals surface area contributed by atoms with Crippen molar-refractivity contribution in [3.63, 3.8) is 0 Å². The van der Waals surface area contributed by atoms with E-state index >= 15 is 0 Å². The largest absolute Gasteiger partial charge is 0.458 e. The Hall–Kier alpha value is -7.74. The Morgan fingerprint density at radius 3 is 1.52 bits per heavy atom. The summed E-state index contributed by atoms with van der Waals surface area (Å²) in [7, 11) is 0. The highest BCUT2D eigenvalue weighted by atomic mass is 32.2. The summed E-state index contributed by atoms with van der Waals surface area (Å²) in [5, 5.41) is 19.4. The Balaban J connectivity index is 1.39. The molecule has 1 fully saturated rings. The lowest BCUT2D eigenvalue weighted by molar-refractivity contribution is -0.163. The number of carbonyl (C=O) groups is 9. The maximum Gasteiger partial charge on any atom is 0.408 e. The number of carbonyl (C=O) groups excluding carboxylic acids is 9. The van der Waals surface area contributed by atoms with E-state index in [0.29, 0.717) is 53.8 Å². The molecular formula is C63H84N8O11S. The van der Waals surface area contributed by atoms with Gasteiger partial charge in [-0.3, -0.25) is 33.6 Å². The molecule has 0 spiro atoms. The smallest absolute Gasteiger partial charge is 0.408 e. The van der Waals surface area contributed by atoms with Crippen molar-refractivity contribution in [1.29, 1.82) is 0 Å². The van der Waals surface area contributed by atoms with Crippen molar-refractivity contribution in [2.75, 3.05) is 18.6 Å². The van der Waals surface area contributed by atoms with Gasteiger partial charge in [0.15, 0.2) is 0 Å². The molecule has 20 heteroatoms. The first-order valence-electron chi connectivity index (χ1n) is 28.3. The SMILES string of the molecule is CC[C@H](C)[C@H](NC(=O)[C@H](C)NC(=O)[C@H](CCSC)NC(=O)[C@H](C)NC(=O)[C@H](CC(=O)NC(c1ccccc1)(c1ccccc1)c1ccccc1)NC(=O)[C@H](Cc1ccccc1)NC(=O)OC(C)(C)C)C(=O)N1CCC[C@H]1C(=O)OC(C)(C)C. The molecule has 1 aliphatic heterocycles. The zero-order valence-electron chi connectivity index (χ0n) is 49.7. The number of amides is 8. The Kier molecular flexibility index (Phi) is 24.3. The van der Waals surface area contributed by atoms with Crippen molar-refractivity contribution in [3.8, 4) is 0 Å². The highest BCUT2D eigenvalue weighted by Gasteiger charge is 2.43. The molecule has 19 nitrogen and oxygen atoms in total. The van der Waals surface area contributed by atoms with Crippen LogP contribution in [-0.4, -0.2) is 130 Å². The van der Waals surface area contributed by atoms with Crippen LogP contribution in [0.1, 0.15) is 124 Å². The number of rotatable bonds is 26. The summed E-state index contributed by atoms with van der Waals surface area (Å²) in [5.41, 5.74) is -0.266. The first-order chi connectivity index (χ1) is 39.3. The van der Waals surface area contributed by atoms with Crippen LogP contribution >= 0.6 is 11.8 Å². The van der Waals surface area contributed by atoms with Crippen molar-refractivity contribution in [2.45, 2.75) is 167 Å². The highest BCUT2D eigenvalue weighted by molar-refractivity contribution is 7.98. The zero-order valence-corrected chi connectivity index (χ0v) is 50.5. The van der Waals surface area contributed by atoms with Crippen LogP contribution in [0.15, 0.2) is 121 Å². The fourth-order valence-corrected chi connectivity index (χ4v) is 10.0. The number of benzene rings is 4. The van der Waals surface area contributed by atoms with Crippen molar-refractivity contribution in [1.82, 2.24) is 42.1 Å². The van der Waals surface area contributed by atoms with E-state index in [4.69, 9.17) is 9.47 Å². The highest BCUT2D eigenvalue weighted by Crippen LogP contribution is 2.37. The molecular weight excluding hydrogens is 1080 g/mol. The van der Waals surface area contributed by atoms with Gasteiger partial charge in [0.05, 0.1) is 6.42 Å². The van der Waals surface area contributed by atoms with E-state index in [1.807, 2.05) is 111 Å². The first-order valence-corrected chi connectivity index (χ1v) is 29.7. The third kappa shape index (κ3) is 19.4. The Morgan fingerprint density at radius 1 is 0.578 bits per heavy atom. The topological polar surface area (TPSA) is 260 Å². The summed E-state index contributed by atoms with van der Waals surface area (Å²) in [5.74, 6) is -5.54. The van der Waals surface area contributed by atoms with Gasteiger partial charge in [0.25, 0.3) is 0 Å². The minimum Gasteiger partial charge on any atom is -0.458 e. The van der Waals surface area contributed by atoms with Gasteiger partial charge in [-0.25, -0.2) is 9.59 Å². The fraction of sp³-hybridized carbons (Fsp3) is 0.476. The van der Waals surface area contributed by atoms with Gasteiger partial charge < -0.3 is 51.6 Å². The fourth-order valence-electron chi connectivity index (χ4n) is 9.56. The van der Waals surface area contributed by atoms with E-state index in [0.717, 1.165) is 0 Å². The van der Waals surface area contributed by atoms with Gasteiger partial charge in [-0.2, -0.15) is 11.8 Å². The summed E-state index contributed by atoms with van der Waals surface area (Å²) in [6.07, 6.45) is 1.84. The van der Waals surface area contributed by atoms with Crippen molar-refractivity contribution < 1.29 is 52.6 Å². The number of esters is 1. The normalized spacial score (nSPS) is 16.0. The standard InChI is InChI=1S/C63H84N8O11S/c1-12-40(2)52(58(78)71-36-25-34-50(71)59(79)81-61(5,6)7)69-54(74)42(4)64-55(75)47(35-37-83-11)66-53(73)41(3)65-56(76)49(67-57(77)48(38-43-26-17-13-18-27-43)68-60(80)82-62(8,9)10)39-51(72)70-63(44-28-19-14-20-29-44,45-30-21-15-22-31-45)46-32-23-16-24-33-46/h13-24,26-33,40-42,47-50,52H,12,25,34-39H2,1-11H3,(H,64,75)(H,65,76)(H,66,73)(H,67,77)(H,68,80)(H,69,74)(H,70,72)/t40-,41-,42-,47-,48-,49-,50-,52-/m0/s1. The quantitative estimate of drug-likeness (QED) is 0.0273. The summed E-state index contributed by atoms with van der Waals surface area (Å²) >= 11 is 1.41. The molecule has 8 amide bonds. The van der Waals surface area contributed by atoms with E-state index < -0.39 is 119 Å². The van der Waals surface area contributed by atoms with E-state index in [1.165, 1.54) is 30.5 Å². The van der Waals surface area contributed by atoms with Crippen LogP contribution in [0.25, 0.3) is 0 Å². The van der Waals surface area contributed by atoms with Gasteiger partial charge >= 0.3 is 12.1 Å².